The van der Waals surface area contributed by atoms with E-state index in [9.17, 15) is 0 Å². The Hall–Kier alpha value is -1.40. The van der Waals surface area contributed by atoms with Crippen LogP contribution in [0.2, 0.25) is 0 Å². The van der Waals surface area contributed by atoms with Crippen molar-refractivity contribution in [2.75, 3.05) is 13.2 Å². The number of rotatable bonds is 6. The Labute approximate surface area is 155 Å². The number of aryl methyl sites for hydroxylation is 1. The minimum atomic E-state index is -1.69. The van der Waals surface area contributed by atoms with Crippen molar-refractivity contribution in [3.05, 3.63) is 47.3 Å². The fourth-order valence-corrected chi connectivity index (χ4v) is 2.06. The van der Waals surface area contributed by atoms with Crippen LogP contribution in [-0.4, -0.2) is 33.3 Å². The number of aromatic nitrogens is 3. The predicted octanol–water partition coefficient (Wildman–Crippen LogP) is 3.94. The summed E-state index contributed by atoms with van der Waals surface area (Å²) in [7, 11) is 0. The Kier molecular flexibility index (Phi) is 6.80. The Morgan fingerprint density at radius 1 is 1.08 bits per heavy atom. The fourth-order valence-electron chi connectivity index (χ4n) is 1.80. The molecule has 1 N–H and O–H groups in total. The summed E-state index contributed by atoms with van der Waals surface area (Å²) >= 11 is 17.4. The van der Waals surface area contributed by atoms with E-state index in [1.165, 1.54) is 0 Å². The van der Waals surface area contributed by atoms with Gasteiger partial charge in [0.05, 0.1) is 6.61 Å². The number of halogens is 3. The van der Waals surface area contributed by atoms with Gasteiger partial charge in [-0.05, 0) is 30.7 Å². The molecule has 128 valence electrons. The molecule has 1 heterocycles. The van der Waals surface area contributed by atoms with Gasteiger partial charge in [0.15, 0.2) is 11.6 Å². The largest absolute Gasteiger partial charge is 0.494 e. The van der Waals surface area contributed by atoms with Gasteiger partial charge in [-0.25, -0.2) is 15.0 Å². The van der Waals surface area contributed by atoms with Crippen molar-refractivity contribution < 1.29 is 9.84 Å². The molecule has 0 aliphatic rings. The van der Waals surface area contributed by atoms with Crippen molar-refractivity contribution in [2.45, 2.75) is 17.1 Å². The van der Waals surface area contributed by atoms with Gasteiger partial charge >= 0.3 is 0 Å². The topological polar surface area (TPSA) is 68.1 Å². The van der Waals surface area contributed by atoms with Gasteiger partial charge in [-0.1, -0.05) is 53.0 Å². The van der Waals surface area contributed by atoms with Gasteiger partial charge in [0.1, 0.15) is 11.6 Å². The number of hydrogen-bond acceptors (Lipinski definition) is 5. The van der Waals surface area contributed by atoms with Gasteiger partial charge in [-0.2, -0.15) is 0 Å². The first-order valence-corrected chi connectivity index (χ1v) is 8.33. The van der Waals surface area contributed by atoms with Crippen molar-refractivity contribution >= 4 is 47.0 Å². The highest BCUT2D eigenvalue weighted by atomic mass is 35.6. The van der Waals surface area contributed by atoms with E-state index >= 15 is 0 Å². The number of nitrogens with zero attached hydrogens (tertiary/aromatic N) is 3. The Balaban J connectivity index is 2.09. The molecule has 1 aromatic heterocycles. The van der Waals surface area contributed by atoms with Gasteiger partial charge in [0.25, 0.3) is 0 Å². The van der Waals surface area contributed by atoms with Crippen LogP contribution >= 0.6 is 34.8 Å². The number of aliphatic hydroxyl groups is 1. The molecule has 24 heavy (non-hydrogen) atoms. The lowest BCUT2D eigenvalue weighted by Crippen LogP contribution is -2.11. The normalized spacial score (nSPS) is 11.9. The molecule has 1 aromatic carbocycles. The molecule has 2 aromatic rings. The Bertz CT molecular complexity index is 701. The Morgan fingerprint density at radius 3 is 2.42 bits per heavy atom. The number of benzene rings is 1. The molecule has 0 bridgehead atoms. The van der Waals surface area contributed by atoms with Crippen LogP contribution in [0.1, 0.15) is 29.5 Å². The molecule has 0 aliphatic carbocycles. The summed E-state index contributed by atoms with van der Waals surface area (Å²) in [6.45, 7) is 2.30. The molecule has 2 rings (SSSR count). The second kappa shape index (κ2) is 8.62. The van der Waals surface area contributed by atoms with Crippen molar-refractivity contribution in [2.24, 2.45) is 0 Å². The van der Waals surface area contributed by atoms with Gasteiger partial charge in [-0.3, -0.25) is 0 Å². The highest BCUT2D eigenvalue weighted by Crippen LogP contribution is 2.35. The molecular weight excluding hydrogens is 373 g/mol. The summed E-state index contributed by atoms with van der Waals surface area (Å²) in [5.74, 6) is 1.72. The van der Waals surface area contributed by atoms with Gasteiger partial charge in [0.2, 0.25) is 3.79 Å². The van der Waals surface area contributed by atoms with Crippen molar-refractivity contribution in [3.8, 4) is 5.75 Å². The van der Waals surface area contributed by atoms with Gasteiger partial charge in [0, 0.05) is 13.0 Å². The van der Waals surface area contributed by atoms with Crippen LogP contribution in [0.15, 0.2) is 24.3 Å². The van der Waals surface area contributed by atoms with Crippen molar-refractivity contribution in [1.82, 2.24) is 15.0 Å². The first kappa shape index (κ1) is 18.9. The van der Waals surface area contributed by atoms with Crippen LogP contribution in [0, 0.1) is 6.92 Å². The summed E-state index contributed by atoms with van der Waals surface area (Å²) in [5.41, 5.74) is 0.943. The number of aliphatic hydroxyl groups excluding tert-OH is 1. The van der Waals surface area contributed by atoms with E-state index in [1.54, 1.807) is 13.0 Å². The summed E-state index contributed by atoms with van der Waals surface area (Å²) < 4.78 is 3.78. The van der Waals surface area contributed by atoms with Crippen LogP contribution in [0.3, 0.4) is 0 Å². The average molecular weight is 389 g/mol. The van der Waals surface area contributed by atoms with E-state index in [0.717, 1.165) is 11.3 Å². The van der Waals surface area contributed by atoms with Crippen molar-refractivity contribution in [3.63, 3.8) is 0 Å². The minimum Gasteiger partial charge on any atom is -0.494 e. The zero-order chi connectivity index (χ0) is 17.6. The number of alkyl halides is 3. The van der Waals surface area contributed by atoms with E-state index < -0.39 is 3.79 Å². The number of ether oxygens (including phenoxy) is 1. The first-order valence-electron chi connectivity index (χ1n) is 7.20. The average Bonchev–Trinajstić information content (AvgIpc) is 2.53. The molecule has 0 amide bonds. The molecule has 0 spiro atoms. The quantitative estimate of drug-likeness (QED) is 0.599. The van der Waals surface area contributed by atoms with Crippen LogP contribution < -0.4 is 4.74 Å². The zero-order valence-corrected chi connectivity index (χ0v) is 15.2. The molecule has 0 saturated heterocycles. The molecule has 0 aliphatic heterocycles. The fraction of sp³-hybridized carbons (Fsp3) is 0.312. The second-order valence-corrected chi connectivity index (χ2v) is 7.17. The summed E-state index contributed by atoms with van der Waals surface area (Å²) in [5, 5.41) is 8.73. The van der Waals surface area contributed by atoms with Crippen molar-refractivity contribution in [1.29, 1.82) is 0 Å². The summed E-state index contributed by atoms with van der Waals surface area (Å²) in [6.07, 6.45) is 4.16. The predicted molar refractivity (Wildman–Crippen MR) is 96.4 cm³/mol. The maximum absolute atomic E-state index is 8.73. The lowest BCUT2D eigenvalue weighted by atomic mass is 10.2. The molecule has 0 fully saturated rings. The van der Waals surface area contributed by atoms with Gasteiger partial charge < -0.3 is 9.84 Å². The SMILES string of the molecule is Cc1nc(C=Cc2ccc(OCCCO)cc2)nc(C(Cl)(Cl)Cl)n1. The molecule has 0 radical (unpaired) electrons. The minimum absolute atomic E-state index is 0.0901. The third kappa shape index (κ3) is 5.91. The van der Waals surface area contributed by atoms with E-state index in [0.29, 0.717) is 24.7 Å². The van der Waals surface area contributed by atoms with Crippen LogP contribution in [0.25, 0.3) is 12.2 Å². The lowest BCUT2D eigenvalue weighted by molar-refractivity contribution is 0.233. The van der Waals surface area contributed by atoms with E-state index in [-0.39, 0.29) is 12.4 Å². The van der Waals surface area contributed by atoms with Gasteiger partial charge in [-0.15, -0.1) is 0 Å². The monoisotopic (exact) mass is 387 g/mol. The second-order valence-electron chi connectivity index (χ2n) is 4.89. The van der Waals surface area contributed by atoms with Crippen LogP contribution in [0.4, 0.5) is 0 Å². The smallest absolute Gasteiger partial charge is 0.250 e. The van der Waals surface area contributed by atoms with E-state index in [1.807, 2.05) is 30.3 Å². The summed E-state index contributed by atoms with van der Waals surface area (Å²) in [4.78, 5) is 12.4. The van der Waals surface area contributed by atoms with Crippen LogP contribution in [-0.2, 0) is 3.79 Å². The Morgan fingerprint density at radius 2 is 1.79 bits per heavy atom. The highest BCUT2D eigenvalue weighted by molar-refractivity contribution is 6.66. The van der Waals surface area contributed by atoms with Crippen LogP contribution in [0.5, 0.6) is 5.75 Å². The molecule has 0 saturated carbocycles. The molecular formula is C16H16Cl3N3O2. The standard InChI is InChI=1S/C16H16Cl3N3O2/c1-11-20-14(22-15(21-11)16(17,18)19)8-5-12-3-6-13(7-4-12)24-10-2-9-23/h3-8,23H,2,9-10H2,1H3. The summed E-state index contributed by atoms with van der Waals surface area (Å²) in [6, 6.07) is 7.49. The zero-order valence-electron chi connectivity index (χ0n) is 12.9. The third-order valence-corrected chi connectivity index (χ3v) is 3.40. The highest BCUT2D eigenvalue weighted by Gasteiger charge is 2.27. The molecule has 0 atom stereocenters. The molecule has 8 heteroatoms. The lowest BCUT2D eigenvalue weighted by Gasteiger charge is -2.09. The first-order chi connectivity index (χ1) is 11.4. The third-order valence-electron chi connectivity index (χ3n) is 2.89. The van der Waals surface area contributed by atoms with E-state index in [4.69, 9.17) is 44.6 Å². The molecule has 5 nitrogen and oxygen atoms in total. The number of hydrogen-bond donors (Lipinski definition) is 1. The molecule has 0 unspecified atom stereocenters. The van der Waals surface area contributed by atoms with E-state index in [2.05, 4.69) is 15.0 Å². The maximum Gasteiger partial charge on any atom is 0.250 e. The maximum atomic E-state index is 8.73.